The van der Waals surface area contributed by atoms with E-state index in [1.807, 2.05) is 24.3 Å². The van der Waals surface area contributed by atoms with E-state index >= 15 is 0 Å². The second-order valence-corrected chi connectivity index (χ2v) is 5.48. The van der Waals surface area contributed by atoms with Crippen LogP contribution < -0.4 is 5.32 Å². The molecule has 1 aromatic rings. The highest BCUT2D eigenvalue weighted by atomic mass is 35.5. The lowest BCUT2D eigenvalue weighted by Gasteiger charge is -2.37. The molecule has 0 unspecified atom stereocenters. The first-order valence-electron chi connectivity index (χ1n) is 6.81. The number of likely N-dealkylation sites (tertiary alicyclic amines) is 1. The molecule has 0 atom stereocenters. The molecule has 0 amide bonds. The van der Waals surface area contributed by atoms with Crippen LogP contribution in [0.5, 0.6) is 0 Å². The standard InChI is InChI=1S/C15H20ClN3/c1-2-19-9-7-15(12-17,8-10-19)18-11-13-5-3-4-6-14(13)16/h3-6,18H,2,7-11H2,1H3. The van der Waals surface area contributed by atoms with Gasteiger partial charge in [0.05, 0.1) is 6.07 Å². The predicted octanol–water partition coefficient (Wildman–Crippen LogP) is 2.81. The van der Waals surface area contributed by atoms with Crippen LogP contribution in [-0.2, 0) is 6.54 Å². The SMILES string of the molecule is CCN1CCC(C#N)(NCc2ccccc2Cl)CC1. The molecule has 0 aromatic heterocycles. The van der Waals surface area contributed by atoms with Crippen LogP contribution in [-0.4, -0.2) is 30.1 Å². The van der Waals surface area contributed by atoms with Crippen molar-refractivity contribution in [3.8, 4) is 6.07 Å². The molecular weight excluding hydrogens is 258 g/mol. The van der Waals surface area contributed by atoms with E-state index in [1.165, 1.54) is 0 Å². The van der Waals surface area contributed by atoms with E-state index in [0.29, 0.717) is 6.54 Å². The zero-order valence-electron chi connectivity index (χ0n) is 11.3. The van der Waals surface area contributed by atoms with Gasteiger partial charge in [-0.25, -0.2) is 0 Å². The minimum atomic E-state index is -0.398. The van der Waals surface area contributed by atoms with Crippen LogP contribution >= 0.6 is 11.6 Å². The molecule has 0 saturated carbocycles. The van der Waals surface area contributed by atoms with E-state index in [9.17, 15) is 5.26 Å². The van der Waals surface area contributed by atoms with Gasteiger partial charge >= 0.3 is 0 Å². The molecule has 102 valence electrons. The lowest BCUT2D eigenvalue weighted by Crippen LogP contribution is -2.52. The van der Waals surface area contributed by atoms with Crippen LogP contribution in [0.2, 0.25) is 5.02 Å². The summed E-state index contributed by atoms with van der Waals surface area (Å²) in [6, 6.07) is 10.3. The van der Waals surface area contributed by atoms with Crippen LogP contribution in [0.4, 0.5) is 0 Å². The Morgan fingerprint density at radius 3 is 2.63 bits per heavy atom. The van der Waals surface area contributed by atoms with E-state index in [4.69, 9.17) is 11.6 Å². The van der Waals surface area contributed by atoms with Crippen LogP contribution in [0.3, 0.4) is 0 Å². The van der Waals surface area contributed by atoms with Gasteiger partial charge in [-0.2, -0.15) is 5.26 Å². The summed E-state index contributed by atoms with van der Waals surface area (Å²) < 4.78 is 0. The van der Waals surface area contributed by atoms with Crippen molar-refractivity contribution in [2.45, 2.75) is 31.8 Å². The molecule has 4 heteroatoms. The number of hydrogen-bond donors (Lipinski definition) is 1. The fourth-order valence-corrected chi connectivity index (χ4v) is 2.69. The summed E-state index contributed by atoms with van der Waals surface area (Å²) >= 11 is 6.15. The van der Waals surface area contributed by atoms with E-state index in [-0.39, 0.29) is 0 Å². The molecule has 0 radical (unpaired) electrons. The summed E-state index contributed by atoms with van der Waals surface area (Å²) in [6.07, 6.45) is 1.75. The fourth-order valence-electron chi connectivity index (χ4n) is 2.49. The van der Waals surface area contributed by atoms with Crippen LogP contribution in [0.25, 0.3) is 0 Å². The first-order chi connectivity index (χ1) is 9.19. The van der Waals surface area contributed by atoms with Crippen molar-refractivity contribution in [2.24, 2.45) is 0 Å². The normalized spacial score (nSPS) is 19.0. The highest BCUT2D eigenvalue weighted by molar-refractivity contribution is 6.31. The zero-order chi connectivity index (χ0) is 13.7. The molecule has 1 aliphatic rings. The summed E-state index contributed by atoms with van der Waals surface area (Å²) in [5.41, 5.74) is 0.655. The number of hydrogen-bond acceptors (Lipinski definition) is 3. The maximum Gasteiger partial charge on any atom is 0.109 e. The average Bonchev–Trinajstić information content (AvgIpc) is 2.47. The van der Waals surface area contributed by atoms with Gasteiger partial charge in [-0.05, 0) is 31.0 Å². The maximum atomic E-state index is 9.48. The summed E-state index contributed by atoms with van der Waals surface area (Å²) in [7, 11) is 0. The third-order valence-corrected chi connectivity index (χ3v) is 4.31. The topological polar surface area (TPSA) is 39.1 Å². The second-order valence-electron chi connectivity index (χ2n) is 5.07. The quantitative estimate of drug-likeness (QED) is 0.920. The lowest BCUT2D eigenvalue weighted by atomic mass is 9.88. The third-order valence-electron chi connectivity index (χ3n) is 3.95. The monoisotopic (exact) mass is 277 g/mol. The van der Waals surface area contributed by atoms with E-state index in [0.717, 1.165) is 43.1 Å². The number of piperidine rings is 1. The Bertz CT molecular complexity index is 459. The first kappa shape index (κ1) is 14.3. The summed E-state index contributed by atoms with van der Waals surface area (Å²) in [5, 5.41) is 13.7. The minimum Gasteiger partial charge on any atom is -0.303 e. The zero-order valence-corrected chi connectivity index (χ0v) is 12.1. The molecule has 19 heavy (non-hydrogen) atoms. The molecule has 1 N–H and O–H groups in total. The Labute approximate surface area is 120 Å². The van der Waals surface area contributed by atoms with Gasteiger partial charge in [0.25, 0.3) is 0 Å². The minimum absolute atomic E-state index is 0.398. The van der Waals surface area contributed by atoms with Gasteiger partial charge in [0.2, 0.25) is 0 Å². The van der Waals surface area contributed by atoms with Gasteiger partial charge in [-0.3, -0.25) is 5.32 Å². The lowest BCUT2D eigenvalue weighted by molar-refractivity contribution is 0.172. The molecule has 1 heterocycles. The average molecular weight is 278 g/mol. The number of nitrogens with zero attached hydrogens (tertiary/aromatic N) is 2. The highest BCUT2D eigenvalue weighted by Gasteiger charge is 2.33. The van der Waals surface area contributed by atoms with Crippen LogP contribution in [0, 0.1) is 11.3 Å². The van der Waals surface area contributed by atoms with E-state index < -0.39 is 5.54 Å². The fraction of sp³-hybridized carbons (Fsp3) is 0.533. The molecule has 1 saturated heterocycles. The van der Waals surface area contributed by atoms with Gasteiger partial charge in [0.1, 0.15) is 5.54 Å². The summed E-state index contributed by atoms with van der Waals surface area (Å²) in [5.74, 6) is 0. The van der Waals surface area contributed by atoms with Crippen molar-refractivity contribution in [1.82, 2.24) is 10.2 Å². The van der Waals surface area contributed by atoms with E-state index in [1.54, 1.807) is 0 Å². The number of benzene rings is 1. The van der Waals surface area contributed by atoms with Crippen LogP contribution in [0.1, 0.15) is 25.3 Å². The Morgan fingerprint density at radius 1 is 1.37 bits per heavy atom. The Kier molecular flexibility index (Phi) is 4.81. The van der Waals surface area contributed by atoms with Crippen molar-refractivity contribution in [1.29, 1.82) is 5.26 Å². The highest BCUT2D eigenvalue weighted by Crippen LogP contribution is 2.23. The summed E-state index contributed by atoms with van der Waals surface area (Å²) in [6.45, 7) is 5.85. The van der Waals surface area contributed by atoms with Gasteiger partial charge in [0.15, 0.2) is 0 Å². The number of nitrogens with one attached hydrogen (secondary N) is 1. The molecule has 0 spiro atoms. The molecule has 2 rings (SSSR count). The van der Waals surface area contributed by atoms with Crippen LogP contribution in [0.15, 0.2) is 24.3 Å². The van der Waals surface area contributed by atoms with Crippen molar-refractivity contribution < 1.29 is 0 Å². The smallest absolute Gasteiger partial charge is 0.109 e. The maximum absolute atomic E-state index is 9.48. The van der Waals surface area contributed by atoms with Gasteiger partial charge < -0.3 is 4.90 Å². The molecule has 1 aliphatic heterocycles. The van der Waals surface area contributed by atoms with Gasteiger partial charge in [-0.15, -0.1) is 0 Å². The Balaban J connectivity index is 1.97. The predicted molar refractivity (Wildman–Crippen MR) is 78.0 cm³/mol. The Hall–Kier alpha value is -1.08. The Morgan fingerprint density at radius 2 is 2.05 bits per heavy atom. The number of rotatable bonds is 4. The van der Waals surface area contributed by atoms with Gasteiger partial charge in [0, 0.05) is 24.7 Å². The van der Waals surface area contributed by atoms with Crippen molar-refractivity contribution >= 4 is 11.6 Å². The molecule has 0 bridgehead atoms. The molecular formula is C15H20ClN3. The first-order valence-corrected chi connectivity index (χ1v) is 7.19. The number of nitriles is 1. The van der Waals surface area contributed by atoms with E-state index in [2.05, 4.69) is 23.2 Å². The third kappa shape index (κ3) is 3.48. The largest absolute Gasteiger partial charge is 0.303 e. The van der Waals surface area contributed by atoms with Crippen molar-refractivity contribution in [3.05, 3.63) is 34.9 Å². The molecule has 1 aromatic carbocycles. The van der Waals surface area contributed by atoms with Crippen molar-refractivity contribution in [3.63, 3.8) is 0 Å². The molecule has 3 nitrogen and oxygen atoms in total. The molecule has 1 fully saturated rings. The second kappa shape index (κ2) is 6.38. The summed E-state index contributed by atoms with van der Waals surface area (Å²) in [4.78, 5) is 2.38. The van der Waals surface area contributed by atoms with Gasteiger partial charge in [-0.1, -0.05) is 36.7 Å². The molecule has 0 aliphatic carbocycles. The number of halogens is 1. The van der Waals surface area contributed by atoms with Crippen molar-refractivity contribution in [2.75, 3.05) is 19.6 Å².